The Balaban J connectivity index is 1.69. The zero-order valence-electron chi connectivity index (χ0n) is 13.4. The maximum absolute atomic E-state index is 5.51. The normalized spacial score (nSPS) is 20.5. The van der Waals surface area contributed by atoms with Gasteiger partial charge >= 0.3 is 0 Å². The molecule has 1 N–H and O–H groups in total. The summed E-state index contributed by atoms with van der Waals surface area (Å²) < 4.78 is 5.51. The number of ether oxygens (including phenoxy) is 1. The molecule has 3 rings (SSSR count). The Morgan fingerprint density at radius 1 is 1.24 bits per heavy atom. The summed E-state index contributed by atoms with van der Waals surface area (Å²) in [7, 11) is 3.96. The molecule has 0 heterocycles. The van der Waals surface area contributed by atoms with Gasteiger partial charge in [0.15, 0.2) is 0 Å². The summed E-state index contributed by atoms with van der Waals surface area (Å²) in [5.74, 6) is 0.975. The smallest absolute Gasteiger partial charge is 0.142 e. The highest BCUT2D eigenvalue weighted by atomic mass is 16.5. The van der Waals surface area contributed by atoms with E-state index in [-0.39, 0.29) is 0 Å². The Morgan fingerprint density at radius 2 is 1.95 bits per heavy atom. The van der Waals surface area contributed by atoms with Gasteiger partial charge in [-0.3, -0.25) is 0 Å². The van der Waals surface area contributed by atoms with Gasteiger partial charge in [0.1, 0.15) is 5.75 Å². The van der Waals surface area contributed by atoms with Crippen molar-refractivity contribution in [1.82, 2.24) is 5.32 Å². The minimum absolute atomic E-state index is 0.443. The van der Waals surface area contributed by atoms with Gasteiger partial charge in [-0.05, 0) is 37.8 Å². The van der Waals surface area contributed by atoms with Crippen LogP contribution < -0.4 is 15.0 Å². The Bertz CT molecular complexity index is 464. The summed E-state index contributed by atoms with van der Waals surface area (Å²) in [6.07, 6.45) is 8.22. The molecule has 2 aliphatic rings. The Morgan fingerprint density at radius 3 is 2.62 bits per heavy atom. The summed E-state index contributed by atoms with van der Waals surface area (Å²) in [6.45, 7) is 2.30. The highest BCUT2D eigenvalue weighted by Crippen LogP contribution is 2.40. The lowest BCUT2D eigenvalue weighted by Gasteiger charge is -2.35. The number of methoxy groups -OCH3 is 1. The van der Waals surface area contributed by atoms with Crippen LogP contribution in [0, 0.1) is 5.41 Å². The molecule has 0 atom stereocenters. The number of hydrogen-bond donors (Lipinski definition) is 1. The SMILES string of the molecule is COc1ccccc1N(C)CC1(CNC2CC2)CCCC1. The van der Waals surface area contributed by atoms with Crippen LogP contribution in [0.3, 0.4) is 0 Å². The number of hydrogen-bond acceptors (Lipinski definition) is 3. The van der Waals surface area contributed by atoms with Crippen molar-refractivity contribution in [2.45, 2.75) is 44.6 Å². The van der Waals surface area contributed by atoms with Crippen molar-refractivity contribution >= 4 is 5.69 Å². The van der Waals surface area contributed by atoms with Crippen molar-refractivity contribution in [3.63, 3.8) is 0 Å². The Labute approximate surface area is 128 Å². The fourth-order valence-electron chi connectivity index (χ4n) is 3.70. The van der Waals surface area contributed by atoms with E-state index in [0.717, 1.165) is 18.3 Å². The van der Waals surface area contributed by atoms with Crippen molar-refractivity contribution < 1.29 is 4.74 Å². The summed E-state index contributed by atoms with van der Waals surface area (Å²) in [5.41, 5.74) is 1.65. The van der Waals surface area contributed by atoms with E-state index in [1.807, 2.05) is 6.07 Å². The van der Waals surface area contributed by atoms with E-state index in [1.165, 1.54) is 50.8 Å². The van der Waals surface area contributed by atoms with Gasteiger partial charge in [0, 0.05) is 31.6 Å². The first-order chi connectivity index (χ1) is 10.2. The molecule has 3 heteroatoms. The highest BCUT2D eigenvalue weighted by Gasteiger charge is 2.36. The van der Waals surface area contributed by atoms with Gasteiger partial charge < -0.3 is 15.0 Å². The maximum Gasteiger partial charge on any atom is 0.142 e. The van der Waals surface area contributed by atoms with Gasteiger partial charge in [-0.15, -0.1) is 0 Å². The predicted octanol–water partition coefficient (Wildman–Crippen LogP) is 3.44. The molecule has 0 spiro atoms. The van der Waals surface area contributed by atoms with Crippen LogP contribution in [0.2, 0.25) is 0 Å². The summed E-state index contributed by atoms with van der Waals surface area (Å²) in [4.78, 5) is 2.39. The van der Waals surface area contributed by atoms with Crippen LogP contribution in [0.1, 0.15) is 38.5 Å². The molecule has 0 unspecified atom stereocenters. The number of anilines is 1. The molecule has 2 fully saturated rings. The second kappa shape index (κ2) is 6.27. The maximum atomic E-state index is 5.51. The van der Waals surface area contributed by atoms with Gasteiger partial charge in [-0.25, -0.2) is 0 Å². The first-order valence-electron chi connectivity index (χ1n) is 8.30. The van der Waals surface area contributed by atoms with E-state index < -0.39 is 0 Å². The van der Waals surface area contributed by atoms with Crippen molar-refractivity contribution in [3.8, 4) is 5.75 Å². The number of nitrogens with one attached hydrogen (secondary N) is 1. The van der Waals surface area contributed by atoms with E-state index in [2.05, 4.69) is 35.5 Å². The van der Waals surface area contributed by atoms with Crippen LogP contribution in [0.5, 0.6) is 5.75 Å². The van der Waals surface area contributed by atoms with Crippen LogP contribution in [0.25, 0.3) is 0 Å². The van der Waals surface area contributed by atoms with E-state index in [9.17, 15) is 0 Å². The molecule has 0 saturated heterocycles. The Kier molecular flexibility index (Phi) is 4.39. The molecular formula is C18H28N2O. The lowest BCUT2D eigenvalue weighted by atomic mass is 9.85. The minimum Gasteiger partial charge on any atom is -0.495 e. The molecule has 2 saturated carbocycles. The summed E-state index contributed by atoms with van der Waals surface area (Å²) in [5, 5.41) is 3.77. The van der Waals surface area contributed by atoms with Crippen LogP contribution in [0.15, 0.2) is 24.3 Å². The van der Waals surface area contributed by atoms with Gasteiger partial charge in [0.05, 0.1) is 12.8 Å². The summed E-state index contributed by atoms with van der Waals surface area (Å²) in [6, 6.07) is 9.15. The molecule has 0 amide bonds. The van der Waals surface area contributed by atoms with Gasteiger partial charge in [-0.1, -0.05) is 25.0 Å². The van der Waals surface area contributed by atoms with E-state index in [4.69, 9.17) is 4.74 Å². The standard InChI is InChI=1S/C18H28N2O/c1-20(16-7-3-4-8-17(16)21-2)14-18(11-5-6-12-18)13-19-15-9-10-15/h3-4,7-8,15,19H,5-6,9-14H2,1-2H3. The molecule has 0 aliphatic heterocycles. The van der Waals surface area contributed by atoms with Crippen LogP contribution in [-0.4, -0.2) is 33.3 Å². The first kappa shape index (κ1) is 14.7. The topological polar surface area (TPSA) is 24.5 Å². The second-order valence-corrected chi connectivity index (χ2v) is 6.89. The number of nitrogens with zero attached hydrogens (tertiary/aromatic N) is 1. The van der Waals surface area contributed by atoms with E-state index >= 15 is 0 Å². The van der Waals surface area contributed by atoms with Crippen LogP contribution >= 0.6 is 0 Å². The molecule has 21 heavy (non-hydrogen) atoms. The third-order valence-corrected chi connectivity index (χ3v) is 5.08. The van der Waals surface area contributed by atoms with Crippen LogP contribution in [-0.2, 0) is 0 Å². The fourth-order valence-corrected chi connectivity index (χ4v) is 3.70. The highest BCUT2D eigenvalue weighted by molar-refractivity contribution is 5.58. The zero-order valence-corrected chi connectivity index (χ0v) is 13.4. The number of benzene rings is 1. The third-order valence-electron chi connectivity index (χ3n) is 5.08. The summed E-state index contributed by atoms with van der Waals surface area (Å²) >= 11 is 0. The lowest BCUT2D eigenvalue weighted by molar-refractivity contribution is 0.285. The zero-order chi connectivity index (χ0) is 14.7. The Hall–Kier alpha value is -1.22. The van der Waals surface area contributed by atoms with Crippen molar-refractivity contribution in [1.29, 1.82) is 0 Å². The molecule has 1 aromatic carbocycles. The molecule has 3 nitrogen and oxygen atoms in total. The number of para-hydroxylation sites is 2. The lowest BCUT2D eigenvalue weighted by Crippen LogP contribution is -2.42. The van der Waals surface area contributed by atoms with Gasteiger partial charge in [0.25, 0.3) is 0 Å². The van der Waals surface area contributed by atoms with Crippen LogP contribution in [0.4, 0.5) is 5.69 Å². The predicted molar refractivity (Wildman–Crippen MR) is 88.2 cm³/mol. The van der Waals surface area contributed by atoms with Crippen molar-refractivity contribution in [2.24, 2.45) is 5.41 Å². The average Bonchev–Trinajstić information content (AvgIpc) is 3.24. The number of rotatable bonds is 7. The van der Waals surface area contributed by atoms with Gasteiger partial charge in [0.2, 0.25) is 0 Å². The van der Waals surface area contributed by atoms with Crippen molar-refractivity contribution in [3.05, 3.63) is 24.3 Å². The molecule has 1 aromatic rings. The molecule has 0 aromatic heterocycles. The second-order valence-electron chi connectivity index (χ2n) is 6.89. The molecule has 0 bridgehead atoms. The quantitative estimate of drug-likeness (QED) is 0.832. The molecule has 0 radical (unpaired) electrons. The van der Waals surface area contributed by atoms with Gasteiger partial charge in [-0.2, -0.15) is 0 Å². The third kappa shape index (κ3) is 3.52. The van der Waals surface area contributed by atoms with Crippen molar-refractivity contribution in [2.75, 3.05) is 32.1 Å². The fraction of sp³-hybridized carbons (Fsp3) is 0.667. The molecular weight excluding hydrogens is 260 g/mol. The molecule has 2 aliphatic carbocycles. The van der Waals surface area contributed by atoms with E-state index in [0.29, 0.717) is 5.41 Å². The largest absolute Gasteiger partial charge is 0.495 e. The average molecular weight is 288 g/mol. The first-order valence-corrected chi connectivity index (χ1v) is 8.30. The van der Waals surface area contributed by atoms with E-state index in [1.54, 1.807) is 7.11 Å². The molecule has 116 valence electrons. The minimum atomic E-state index is 0.443. The monoisotopic (exact) mass is 288 g/mol.